The van der Waals surface area contributed by atoms with Gasteiger partial charge in [0, 0.05) is 6.61 Å². The van der Waals surface area contributed by atoms with Crippen molar-refractivity contribution in [1.29, 1.82) is 0 Å². The maximum Gasteiger partial charge on any atom is 0.253 e. The van der Waals surface area contributed by atoms with Gasteiger partial charge in [0.25, 0.3) is 6.43 Å². The Kier molecular flexibility index (Phi) is 5.33. The van der Waals surface area contributed by atoms with Crippen molar-refractivity contribution in [1.82, 2.24) is 5.32 Å². The normalized spacial score (nSPS) is 24.4. The summed E-state index contributed by atoms with van der Waals surface area (Å²) >= 11 is 0. The Balaban J connectivity index is 2.17. The molecule has 0 saturated carbocycles. The first kappa shape index (κ1) is 11.9. The fourth-order valence-electron chi connectivity index (χ4n) is 1.82. The highest BCUT2D eigenvalue weighted by Crippen LogP contribution is 2.19. The fraction of sp³-hybridized carbons (Fsp3) is 1.00. The van der Waals surface area contributed by atoms with E-state index in [9.17, 15) is 8.78 Å². The molecule has 2 nitrogen and oxygen atoms in total. The van der Waals surface area contributed by atoms with Crippen LogP contribution in [0, 0.1) is 0 Å². The average molecular weight is 207 g/mol. The highest BCUT2D eigenvalue weighted by molar-refractivity contribution is 4.73. The first-order valence-corrected chi connectivity index (χ1v) is 5.37. The molecule has 1 aliphatic heterocycles. The standard InChI is InChI=1S/C10H19F2NO/c1-2-13-9(10(11)12)6-5-8-4-3-7-14-8/h8-10,13H,2-7H2,1H3. The monoisotopic (exact) mass is 207 g/mol. The molecule has 1 N–H and O–H groups in total. The maximum absolute atomic E-state index is 12.5. The number of ether oxygens (including phenoxy) is 1. The molecule has 0 spiro atoms. The van der Waals surface area contributed by atoms with Crippen LogP contribution in [0.5, 0.6) is 0 Å². The van der Waals surface area contributed by atoms with Gasteiger partial charge in [0.15, 0.2) is 0 Å². The van der Waals surface area contributed by atoms with Gasteiger partial charge in [0.05, 0.1) is 12.1 Å². The Morgan fingerprint density at radius 3 is 2.79 bits per heavy atom. The van der Waals surface area contributed by atoms with Gasteiger partial charge in [-0.1, -0.05) is 6.92 Å². The SMILES string of the molecule is CCNC(CCC1CCCO1)C(F)F. The van der Waals surface area contributed by atoms with Crippen molar-refractivity contribution in [2.45, 2.75) is 51.2 Å². The third kappa shape index (κ3) is 3.88. The van der Waals surface area contributed by atoms with Crippen LogP contribution in [0.25, 0.3) is 0 Å². The van der Waals surface area contributed by atoms with Gasteiger partial charge in [-0.25, -0.2) is 8.78 Å². The molecule has 1 heterocycles. The minimum absolute atomic E-state index is 0.218. The van der Waals surface area contributed by atoms with Crippen LogP contribution in [0.15, 0.2) is 0 Å². The molecular formula is C10H19F2NO. The fourth-order valence-corrected chi connectivity index (χ4v) is 1.82. The van der Waals surface area contributed by atoms with Gasteiger partial charge in [-0.2, -0.15) is 0 Å². The average Bonchev–Trinajstić information content (AvgIpc) is 2.64. The molecule has 1 aliphatic rings. The second kappa shape index (κ2) is 6.30. The highest BCUT2D eigenvalue weighted by atomic mass is 19.3. The van der Waals surface area contributed by atoms with E-state index in [0.717, 1.165) is 25.9 Å². The number of halogens is 2. The summed E-state index contributed by atoms with van der Waals surface area (Å²) in [6, 6.07) is -0.663. The summed E-state index contributed by atoms with van der Waals surface area (Å²) in [6.07, 6.45) is 1.32. The zero-order valence-corrected chi connectivity index (χ0v) is 8.64. The van der Waals surface area contributed by atoms with Gasteiger partial charge in [-0.15, -0.1) is 0 Å². The van der Waals surface area contributed by atoms with Crippen LogP contribution in [0.3, 0.4) is 0 Å². The largest absolute Gasteiger partial charge is 0.378 e. The van der Waals surface area contributed by atoms with E-state index in [1.165, 1.54) is 0 Å². The predicted molar refractivity (Wildman–Crippen MR) is 51.7 cm³/mol. The maximum atomic E-state index is 12.5. The van der Waals surface area contributed by atoms with Crippen LogP contribution in [-0.4, -0.2) is 31.7 Å². The number of hydrogen-bond acceptors (Lipinski definition) is 2. The van der Waals surface area contributed by atoms with Crippen molar-refractivity contribution in [3.63, 3.8) is 0 Å². The number of hydrogen-bond donors (Lipinski definition) is 1. The number of alkyl halides is 2. The summed E-state index contributed by atoms with van der Waals surface area (Å²) in [5.41, 5.74) is 0. The van der Waals surface area contributed by atoms with E-state index in [1.54, 1.807) is 0 Å². The summed E-state index contributed by atoms with van der Waals surface area (Å²) in [4.78, 5) is 0. The van der Waals surface area contributed by atoms with Crippen LogP contribution >= 0.6 is 0 Å². The molecule has 2 unspecified atom stereocenters. The third-order valence-corrected chi connectivity index (χ3v) is 2.59. The molecule has 0 aromatic carbocycles. The molecule has 1 rings (SSSR count). The van der Waals surface area contributed by atoms with Crippen LogP contribution < -0.4 is 5.32 Å². The molecule has 0 aliphatic carbocycles. The number of nitrogens with one attached hydrogen (secondary N) is 1. The Bertz CT molecular complexity index is 149. The zero-order valence-electron chi connectivity index (χ0n) is 8.64. The Hall–Kier alpha value is -0.220. The van der Waals surface area contributed by atoms with Crippen molar-refractivity contribution >= 4 is 0 Å². The van der Waals surface area contributed by atoms with Crippen molar-refractivity contribution in [3.05, 3.63) is 0 Å². The zero-order chi connectivity index (χ0) is 10.4. The molecule has 84 valence electrons. The van der Waals surface area contributed by atoms with Gasteiger partial charge in [0.2, 0.25) is 0 Å². The van der Waals surface area contributed by atoms with Crippen LogP contribution in [0.1, 0.15) is 32.6 Å². The van der Waals surface area contributed by atoms with E-state index in [4.69, 9.17) is 4.74 Å². The smallest absolute Gasteiger partial charge is 0.253 e. The lowest BCUT2D eigenvalue weighted by atomic mass is 10.1. The van der Waals surface area contributed by atoms with Crippen molar-refractivity contribution in [2.24, 2.45) is 0 Å². The second-order valence-electron chi connectivity index (χ2n) is 3.71. The summed E-state index contributed by atoms with van der Waals surface area (Å²) in [5.74, 6) is 0. The molecule has 1 saturated heterocycles. The van der Waals surface area contributed by atoms with Gasteiger partial charge in [-0.3, -0.25) is 0 Å². The number of rotatable bonds is 6. The Labute approximate surface area is 84.0 Å². The second-order valence-corrected chi connectivity index (χ2v) is 3.71. The molecule has 0 aromatic rings. The lowest BCUT2D eigenvalue weighted by Gasteiger charge is -2.18. The van der Waals surface area contributed by atoms with Gasteiger partial charge in [-0.05, 0) is 32.2 Å². The van der Waals surface area contributed by atoms with E-state index in [1.807, 2.05) is 6.92 Å². The van der Waals surface area contributed by atoms with Crippen molar-refractivity contribution < 1.29 is 13.5 Å². The lowest BCUT2D eigenvalue weighted by molar-refractivity contribution is 0.0690. The first-order valence-electron chi connectivity index (χ1n) is 5.37. The molecule has 0 amide bonds. The van der Waals surface area contributed by atoms with Gasteiger partial charge >= 0.3 is 0 Å². The third-order valence-electron chi connectivity index (χ3n) is 2.59. The van der Waals surface area contributed by atoms with Crippen LogP contribution in [-0.2, 0) is 4.74 Å². The van der Waals surface area contributed by atoms with E-state index in [-0.39, 0.29) is 6.10 Å². The molecule has 2 atom stereocenters. The topological polar surface area (TPSA) is 21.3 Å². The lowest BCUT2D eigenvalue weighted by Crippen LogP contribution is -2.36. The minimum atomic E-state index is -2.27. The molecule has 0 aromatic heterocycles. The van der Waals surface area contributed by atoms with Gasteiger partial charge in [0.1, 0.15) is 0 Å². The summed E-state index contributed by atoms with van der Waals surface area (Å²) in [5, 5.41) is 2.80. The molecule has 4 heteroatoms. The quantitative estimate of drug-likeness (QED) is 0.721. The molecule has 1 fully saturated rings. The molecule has 0 radical (unpaired) electrons. The van der Waals surface area contributed by atoms with E-state index < -0.39 is 12.5 Å². The molecule has 0 bridgehead atoms. The van der Waals surface area contributed by atoms with Gasteiger partial charge < -0.3 is 10.1 Å². The van der Waals surface area contributed by atoms with Crippen molar-refractivity contribution in [2.75, 3.05) is 13.2 Å². The molecule has 14 heavy (non-hydrogen) atoms. The Morgan fingerprint density at radius 2 is 2.29 bits per heavy atom. The highest BCUT2D eigenvalue weighted by Gasteiger charge is 2.22. The minimum Gasteiger partial charge on any atom is -0.378 e. The predicted octanol–water partition coefficient (Wildman–Crippen LogP) is 2.19. The van der Waals surface area contributed by atoms with E-state index in [2.05, 4.69) is 5.32 Å². The first-order chi connectivity index (χ1) is 6.74. The van der Waals surface area contributed by atoms with Crippen LogP contribution in [0.2, 0.25) is 0 Å². The summed E-state index contributed by atoms with van der Waals surface area (Å²) < 4.78 is 30.3. The Morgan fingerprint density at radius 1 is 1.50 bits per heavy atom. The van der Waals surface area contributed by atoms with E-state index >= 15 is 0 Å². The summed E-state index contributed by atoms with van der Waals surface area (Å²) in [7, 11) is 0. The van der Waals surface area contributed by atoms with E-state index in [0.29, 0.717) is 13.0 Å². The molecular weight excluding hydrogens is 188 g/mol. The van der Waals surface area contributed by atoms with Crippen molar-refractivity contribution in [3.8, 4) is 0 Å². The summed E-state index contributed by atoms with van der Waals surface area (Å²) in [6.45, 7) is 3.24. The van der Waals surface area contributed by atoms with Crippen LogP contribution in [0.4, 0.5) is 8.78 Å².